The maximum atomic E-state index is 13.0. The minimum absolute atomic E-state index is 0.0194. The van der Waals surface area contributed by atoms with Crippen molar-refractivity contribution in [3.8, 4) is 16.9 Å². The molecule has 1 aliphatic rings. The quantitative estimate of drug-likeness (QED) is 0.301. The minimum Gasteiger partial charge on any atom is -0.508 e. The zero-order valence-electron chi connectivity index (χ0n) is 22.6. The number of nitrogens with zero attached hydrogens (tertiary/aromatic N) is 2. The third-order valence-corrected chi connectivity index (χ3v) is 6.50. The number of phenolic OH excluding ortho intramolecular Hbond substituents is 1. The van der Waals surface area contributed by atoms with Gasteiger partial charge in [0.1, 0.15) is 5.75 Å². The predicted molar refractivity (Wildman–Crippen MR) is 148 cm³/mol. The number of Topliss-reactive ketones (excluding diaryl/α,β-unsaturated/α-hetero) is 1. The normalized spacial score (nSPS) is 13.2. The van der Waals surface area contributed by atoms with Gasteiger partial charge in [-0.2, -0.15) is 0 Å². The number of amides is 1. The van der Waals surface area contributed by atoms with Gasteiger partial charge in [-0.15, -0.1) is 0 Å². The fourth-order valence-electron chi connectivity index (χ4n) is 4.50. The number of ketones is 1. The molecule has 7 nitrogen and oxygen atoms in total. The first kappa shape index (κ1) is 28.6. The van der Waals surface area contributed by atoms with Crippen molar-refractivity contribution in [1.29, 1.82) is 0 Å². The largest absolute Gasteiger partial charge is 0.508 e. The molecule has 200 valence electrons. The van der Waals surface area contributed by atoms with Crippen molar-refractivity contribution in [3.05, 3.63) is 89.0 Å². The number of carbonyl (C=O) groups excluding carboxylic acids is 3. The highest BCUT2D eigenvalue weighted by atomic mass is 16.5. The van der Waals surface area contributed by atoms with Crippen molar-refractivity contribution in [2.24, 2.45) is 0 Å². The Morgan fingerprint density at radius 2 is 1.68 bits per heavy atom. The number of hydrogen-bond acceptors (Lipinski definition) is 6. The van der Waals surface area contributed by atoms with Crippen LogP contribution in [0.3, 0.4) is 0 Å². The topological polar surface area (TPSA) is 87.2 Å². The number of phenols is 1. The van der Waals surface area contributed by atoms with Gasteiger partial charge in [-0.1, -0.05) is 50.2 Å². The second-order valence-corrected chi connectivity index (χ2v) is 8.91. The summed E-state index contributed by atoms with van der Waals surface area (Å²) in [6, 6.07) is 19.9. The summed E-state index contributed by atoms with van der Waals surface area (Å²) in [6.07, 6.45) is 1.38. The molecule has 1 saturated heterocycles. The Morgan fingerprint density at radius 3 is 2.37 bits per heavy atom. The van der Waals surface area contributed by atoms with E-state index in [0.29, 0.717) is 50.0 Å². The van der Waals surface area contributed by atoms with Gasteiger partial charge in [-0.3, -0.25) is 14.6 Å². The molecule has 38 heavy (non-hydrogen) atoms. The predicted octanol–water partition coefficient (Wildman–Crippen LogP) is 5.45. The van der Waals surface area contributed by atoms with E-state index in [4.69, 9.17) is 4.74 Å². The molecule has 0 aliphatic carbocycles. The molecular weight excluding hydrogens is 480 g/mol. The van der Waals surface area contributed by atoms with E-state index in [1.54, 1.807) is 29.3 Å². The molecule has 0 aromatic heterocycles. The van der Waals surface area contributed by atoms with Crippen molar-refractivity contribution >= 4 is 17.7 Å². The molecule has 0 spiro atoms. The zero-order chi connectivity index (χ0) is 27.7. The molecule has 1 aliphatic heterocycles. The van der Waals surface area contributed by atoms with Gasteiger partial charge in [0, 0.05) is 38.0 Å². The summed E-state index contributed by atoms with van der Waals surface area (Å²) in [6.45, 7) is 7.50. The number of rotatable bonds is 9. The van der Waals surface area contributed by atoms with Crippen LogP contribution in [0.15, 0.2) is 66.7 Å². The Bertz CT molecular complexity index is 1270. The van der Waals surface area contributed by atoms with Crippen molar-refractivity contribution < 1.29 is 24.2 Å². The first-order chi connectivity index (χ1) is 18.4. The average Bonchev–Trinajstić information content (AvgIpc) is 3.30. The smallest absolute Gasteiger partial charge is 0.337 e. The number of hydrazine groups is 1. The molecule has 1 amide bonds. The molecule has 3 aromatic rings. The number of esters is 1. The van der Waals surface area contributed by atoms with Crippen LogP contribution >= 0.6 is 0 Å². The van der Waals surface area contributed by atoms with E-state index in [2.05, 4.69) is 0 Å². The monoisotopic (exact) mass is 516 g/mol. The molecule has 0 saturated carbocycles. The molecule has 1 heterocycles. The number of ether oxygens (including phenoxy) is 1. The van der Waals surface area contributed by atoms with E-state index < -0.39 is 0 Å². The summed E-state index contributed by atoms with van der Waals surface area (Å²) in [4.78, 5) is 37.1. The number of methoxy groups -OCH3 is 1. The van der Waals surface area contributed by atoms with Gasteiger partial charge >= 0.3 is 5.97 Å². The summed E-state index contributed by atoms with van der Waals surface area (Å²) in [5, 5.41) is 13.4. The van der Waals surface area contributed by atoms with Crippen molar-refractivity contribution in [2.45, 2.75) is 40.0 Å². The summed E-state index contributed by atoms with van der Waals surface area (Å²) < 4.78 is 4.73. The molecule has 0 radical (unpaired) electrons. The summed E-state index contributed by atoms with van der Waals surface area (Å²) in [7, 11) is 1.35. The Kier molecular flexibility index (Phi) is 10.2. The van der Waals surface area contributed by atoms with Crippen LogP contribution in [0.25, 0.3) is 11.1 Å². The van der Waals surface area contributed by atoms with Gasteiger partial charge in [-0.05, 0) is 65.9 Å². The van der Waals surface area contributed by atoms with E-state index in [9.17, 15) is 19.5 Å². The van der Waals surface area contributed by atoms with Crippen molar-refractivity contribution in [2.75, 3.05) is 26.7 Å². The Labute approximate surface area is 224 Å². The van der Waals surface area contributed by atoms with Crippen LogP contribution in [0.4, 0.5) is 0 Å². The van der Waals surface area contributed by atoms with E-state index in [1.807, 2.05) is 68.2 Å². The van der Waals surface area contributed by atoms with Gasteiger partial charge in [0.25, 0.3) is 0 Å². The van der Waals surface area contributed by atoms with E-state index >= 15 is 0 Å². The lowest BCUT2D eigenvalue weighted by Crippen LogP contribution is -2.41. The number of aryl methyl sites for hydroxylation is 1. The first-order valence-electron chi connectivity index (χ1n) is 13.0. The van der Waals surface area contributed by atoms with Gasteiger partial charge in [0.15, 0.2) is 5.78 Å². The van der Waals surface area contributed by atoms with Crippen LogP contribution in [-0.2, 0) is 16.0 Å². The van der Waals surface area contributed by atoms with E-state index in [-0.39, 0.29) is 23.4 Å². The van der Waals surface area contributed by atoms with Crippen LogP contribution in [-0.4, -0.2) is 59.5 Å². The van der Waals surface area contributed by atoms with Crippen molar-refractivity contribution in [1.82, 2.24) is 10.0 Å². The van der Waals surface area contributed by atoms with E-state index in [1.165, 1.54) is 7.11 Å². The number of carbonyl (C=O) groups is 3. The fraction of sp³-hybridized carbons (Fsp3) is 0.323. The number of aromatic hydroxyl groups is 1. The van der Waals surface area contributed by atoms with Crippen molar-refractivity contribution in [3.63, 3.8) is 0 Å². The highest BCUT2D eigenvalue weighted by Gasteiger charge is 2.28. The lowest BCUT2D eigenvalue weighted by molar-refractivity contribution is -0.137. The van der Waals surface area contributed by atoms with Gasteiger partial charge in [-0.25, -0.2) is 9.80 Å². The van der Waals surface area contributed by atoms with Gasteiger partial charge in [0.05, 0.1) is 12.7 Å². The fourth-order valence-corrected chi connectivity index (χ4v) is 4.50. The maximum Gasteiger partial charge on any atom is 0.337 e. The highest BCUT2D eigenvalue weighted by Crippen LogP contribution is 2.27. The van der Waals surface area contributed by atoms with Crippen LogP contribution in [0.2, 0.25) is 0 Å². The second kappa shape index (κ2) is 13.5. The third kappa shape index (κ3) is 7.07. The van der Waals surface area contributed by atoms with E-state index in [0.717, 1.165) is 22.3 Å². The summed E-state index contributed by atoms with van der Waals surface area (Å²) in [5.74, 6) is -0.0910. The summed E-state index contributed by atoms with van der Waals surface area (Å²) in [5.41, 5.74) is 4.96. The lowest BCUT2D eigenvalue weighted by atomic mass is 9.97. The van der Waals surface area contributed by atoms with Crippen LogP contribution in [0.1, 0.15) is 58.5 Å². The molecule has 0 unspecified atom stereocenters. The molecule has 1 fully saturated rings. The Balaban J connectivity index is 0.00000195. The van der Waals surface area contributed by atoms with Crippen LogP contribution < -0.4 is 0 Å². The Hall–Kier alpha value is -3.97. The number of hydrogen-bond donors (Lipinski definition) is 1. The molecule has 1 N–H and O–H groups in total. The van der Waals surface area contributed by atoms with Gasteiger partial charge in [0.2, 0.25) is 5.91 Å². The lowest BCUT2D eigenvalue weighted by Gasteiger charge is -2.28. The standard InChI is InChI=1S/C29H30N2O5.C2H6/c1-20-18-25(32)10-11-26(20)23-4-3-5-24(19-23)27(33)13-15-30-16-14-28(34)31(30)17-12-21-6-8-22(9-7-21)29(35)36-2;1-2/h3-11,18-19,32H,12-17H2,1-2H3;1-2H3. The highest BCUT2D eigenvalue weighted by molar-refractivity contribution is 5.97. The molecule has 7 heteroatoms. The zero-order valence-corrected chi connectivity index (χ0v) is 22.6. The molecule has 3 aromatic carbocycles. The SMILES string of the molecule is CC.COC(=O)c1ccc(CCN2C(=O)CCN2CCC(=O)c2cccc(-c3ccc(O)cc3C)c2)cc1. The minimum atomic E-state index is -0.379. The molecule has 0 atom stereocenters. The third-order valence-electron chi connectivity index (χ3n) is 6.50. The van der Waals surface area contributed by atoms with Crippen LogP contribution in [0, 0.1) is 6.92 Å². The second-order valence-electron chi connectivity index (χ2n) is 8.91. The molecule has 4 rings (SSSR count). The summed E-state index contributed by atoms with van der Waals surface area (Å²) >= 11 is 0. The van der Waals surface area contributed by atoms with Crippen LogP contribution in [0.5, 0.6) is 5.75 Å². The molecular formula is C31H36N2O5. The maximum absolute atomic E-state index is 13.0. The molecule has 0 bridgehead atoms. The average molecular weight is 517 g/mol. The van der Waals surface area contributed by atoms with Gasteiger partial charge < -0.3 is 9.84 Å². The number of benzene rings is 3. The first-order valence-corrected chi connectivity index (χ1v) is 13.0. The Morgan fingerprint density at radius 1 is 0.947 bits per heavy atom.